The van der Waals surface area contributed by atoms with Crippen molar-refractivity contribution in [3.05, 3.63) is 23.8 Å². The molecule has 3 rings (SSSR count). The van der Waals surface area contributed by atoms with E-state index >= 15 is 0 Å². The summed E-state index contributed by atoms with van der Waals surface area (Å²) in [6, 6.07) is 5.49. The molecule has 13 nitrogen and oxygen atoms in total. The van der Waals surface area contributed by atoms with Gasteiger partial charge in [-0.05, 0) is 74.0 Å². The van der Waals surface area contributed by atoms with Gasteiger partial charge in [-0.2, -0.15) is 0 Å². The highest BCUT2D eigenvalue weighted by atomic mass is 16.7. The van der Waals surface area contributed by atoms with Crippen molar-refractivity contribution in [2.75, 3.05) is 41.0 Å². The van der Waals surface area contributed by atoms with Gasteiger partial charge in [0.2, 0.25) is 12.7 Å². The summed E-state index contributed by atoms with van der Waals surface area (Å²) >= 11 is 0. The zero-order valence-electron chi connectivity index (χ0n) is 31.9. The van der Waals surface area contributed by atoms with Gasteiger partial charge < -0.3 is 39.9 Å². The minimum atomic E-state index is -0.997. The average Bonchev–Trinajstić information content (AvgIpc) is 3.71. The first-order chi connectivity index (χ1) is 24.0. The number of Topliss-reactive ketones (excluding diaryl/α,β-unsaturated/α-hetero) is 1. The normalized spacial score (nSPS) is 19.5. The molecule has 0 spiro atoms. The first-order valence-electron chi connectivity index (χ1n) is 18.1. The smallest absolute Gasteiger partial charge is 0.414 e. The van der Waals surface area contributed by atoms with Crippen LogP contribution in [-0.4, -0.2) is 87.3 Å². The van der Waals surface area contributed by atoms with E-state index < -0.39 is 47.9 Å². The van der Waals surface area contributed by atoms with Crippen molar-refractivity contribution < 1.29 is 47.6 Å². The number of hydrogen-bond acceptors (Lipinski definition) is 11. The second kappa shape index (κ2) is 18.9. The van der Waals surface area contributed by atoms with Gasteiger partial charge in [0.05, 0.1) is 25.9 Å². The molecule has 13 heteroatoms. The van der Waals surface area contributed by atoms with Crippen molar-refractivity contribution in [3.8, 4) is 11.5 Å². The minimum Gasteiger partial charge on any atom is -0.493 e. The van der Waals surface area contributed by atoms with Crippen LogP contribution in [0, 0.1) is 29.1 Å². The van der Waals surface area contributed by atoms with Crippen LogP contribution < -0.4 is 20.9 Å². The Morgan fingerprint density at radius 3 is 2.29 bits per heavy atom. The van der Waals surface area contributed by atoms with E-state index in [4.69, 9.17) is 39.9 Å². The lowest BCUT2D eigenvalue weighted by atomic mass is 9.78. The van der Waals surface area contributed by atoms with E-state index in [0.29, 0.717) is 63.2 Å². The Kier molecular flexibility index (Phi) is 15.6. The lowest BCUT2D eigenvalue weighted by Crippen LogP contribution is -2.44. The maximum atomic E-state index is 13.6. The third-order valence-electron chi connectivity index (χ3n) is 10.4. The van der Waals surface area contributed by atoms with Crippen LogP contribution in [-0.2, 0) is 39.8 Å². The van der Waals surface area contributed by atoms with Crippen LogP contribution in [0.2, 0.25) is 0 Å². The van der Waals surface area contributed by atoms with Crippen LogP contribution in [0.15, 0.2) is 18.2 Å². The number of ether oxygens (including phenoxy) is 6. The van der Waals surface area contributed by atoms with E-state index in [1.807, 2.05) is 32.0 Å². The monoisotopic (exact) mass is 719 g/mol. The van der Waals surface area contributed by atoms with Crippen LogP contribution >= 0.6 is 0 Å². The molecule has 1 aliphatic carbocycles. The number of nitrogens with two attached hydrogens (primary N) is 2. The molecule has 1 aromatic rings. The van der Waals surface area contributed by atoms with Gasteiger partial charge in [-0.3, -0.25) is 14.5 Å². The molecule has 2 aliphatic rings. The molecule has 2 amide bonds. The number of hydrogen-bond donors (Lipinski definition) is 2. The predicted octanol–water partition coefficient (Wildman–Crippen LogP) is 4.99. The van der Waals surface area contributed by atoms with Crippen molar-refractivity contribution in [1.29, 1.82) is 0 Å². The molecule has 1 saturated heterocycles. The molecular formula is C38H61N3O10. The Labute approximate surface area is 303 Å². The van der Waals surface area contributed by atoms with Gasteiger partial charge in [-0.1, -0.05) is 47.6 Å². The number of carbonyl (C=O) groups excluding carboxylic acids is 4. The summed E-state index contributed by atoms with van der Waals surface area (Å²) in [5.41, 5.74) is 10.7. The molecule has 0 bridgehead atoms. The van der Waals surface area contributed by atoms with E-state index in [-0.39, 0.29) is 42.6 Å². The fraction of sp³-hybridized carbons (Fsp3) is 0.737. The van der Waals surface area contributed by atoms with Crippen molar-refractivity contribution in [2.45, 2.75) is 111 Å². The molecule has 2 fully saturated rings. The number of ketones is 1. The van der Waals surface area contributed by atoms with Gasteiger partial charge in [-0.25, -0.2) is 9.59 Å². The maximum Gasteiger partial charge on any atom is 0.414 e. The van der Waals surface area contributed by atoms with Crippen molar-refractivity contribution in [1.82, 2.24) is 4.90 Å². The van der Waals surface area contributed by atoms with Crippen molar-refractivity contribution >= 4 is 23.8 Å². The second-order valence-electron chi connectivity index (χ2n) is 15.4. The SMILES string of the molecule is COCCCOc1cc(C[C@@H](C[C@H]2[C@H](C[C@H](C(=O)CCC(C)(C)C(N)=O)C(C)C)OCN2C(=O)OCOC(=O)C2(N)CC2)C(C)C)ccc1OC. The number of esters is 1. The van der Waals surface area contributed by atoms with Crippen LogP contribution in [0.25, 0.3) is 0 Å². The zero-order valence-corrected chi connectivity index (χ0v) is 31.9. The molecule has 0 radical (unpaired) electrons. The number of rotatable bonds is 22. The van der Waals surface area contributed by atoms with Crippen LogP contribution in [0.5, 0.6) is 11.5 Å². The molecule has 4 N–H and O–H groups in total. The first kappa shape index (κ1) is 42.0. The van der Waals surface area contributed by atoms with Crippen molar-refractivity contribution in [2.24, 2.45) is 40.6 Å². The van der Waals surface area contributed by atoms with Gasteiger partial charge in [0, 0.05) is 37.9 Å². The third kappa shape index (κ3) is 12.1. The Morgan fingerprint density at radius 2 is 1.71 bits per heavy atom. The molecule has 1 heterocycles. The Bertz CT molecular complexity index is 1330. The van der Waals surface area contributed by atoms with E-state index in [2.05, 4.69) is 13.8 Å². The Morgan fingerprint density at radius 1 is 1.00 bits per heavy atom. The second-order valence-corrected chi connectivity index (χ2v) is 15.4. The van der Waals surface area contributed by atoms with Gasteiger partial charge in [0.1, 0.15) is 18.1 Å². The first-order valence-corrected chi connectivity index (χ1v) is 18.1. The highest BCUT2D eigenvalue weighted by molar-refractivity contribution is 5.84. The topological polar surface area (TPSA) is 179 Å². The van der Waals surface area contributed by atoms with E-state index in [1.54, 1.807) is 28.1 Å². The summed E-state index contributed by atoms with van der Waals surface area (Å²) < 4.78 is 33.6. The number of nitrogens with zero attached hydrogens (tertiary/aromatic N) is 1. The molecule has 288 valence electrons. The summed E-state index contributed by atoms with van der Waals surface area (Å²) in [4.78, 5) is 52.8. The average molecular weight is 720 g/mol. The Balaban J connectivity index is 1.82. The van der Waals surface area contributed by atoms with E-state index in [1.165, 1.54) is 4.90 Å². The van der Waals surface area contributed by atoms with Gasteiger partial charge in [0.25, 0.3) is 0 Å². The predicted molar refractivity (Wildman–Crippen MR) is 191 cm³/mol. The highest BCUT2D eigenvalue weighted by Gasteiger charge is 2.48. The molecule has 4 atom stereocenters. The van der Waals surface area contributed by atoms with Gasteiger partial charge in [-0.15, -0.1) is 0 Å². The van der Waals surface area contributed by atoms with Crippen LogP contribution in [0.3, 0.4) is 0 Å². The fourth-order valence-electron chi connectivity index (χ4n) is 6.29. The zero-order chi connectivity index (χ0) is 37.9. The van der Waals surface area contributed by atoms with Gasteiger partial charge in [0.15, 0.2) is 11.5 Å². The lowest BCUT2D eigenvalue weighted by molar-refractivity contribution is -0.155. The van der Waals surface area contributed by atoms with E-state index in [0.717, 1.165) is 12.0 Å². The summed E-state index contributed by atoms with van der Waals surface area (Å²) in [7, 11) is 3.26. The highest BCUT2D eigenvalue weighted by Crippen LogP contribution is 2.37. The standard InChI is InChI=1S/C38H61N3O10/c1-24(2)27(18-26-10-11-31(47-8)33(19-26)48-17-9-16-46-7)20-29-32(21-28(25(3)4)30(42)12-13-37(5,6)34(39)43)49-22-41(29)36(45)51-23-50-35(44)38(40)14-15-38/h10-11,19,24-25,27-29,32H,9,12-18,20-23,40H2,1-8H3,(H2,39,43)/t27-,28-,29-,32-/m0/s1. The molecule has 0 aromatic heterocycles. The van der Waals surface area contributed by atoms with Gasteiger partial charge >= 0.3 is 12.1 Å². The number of carbonyl (C=O) groups is 4. The fourth-order valence-corrected chi connectivity index (χ4v) is 6.29. The number of amides is 2. The molecular weight excluding hydrogens is 658 g/mol. The molecule has 51 heavy (non-hydrogen) atoms. The molecule has 1 saturated carbocycles. The Hall–Kier alpha value is -3.42. The molecule has 1 aromatic carbocycles. The lowest BCUT2D eigenvalue weighted by Gasteiger charge is -2.33. The molecule has 1 aliphatic heterocycles. The summed E-state index contributed by atoms with van der Waals surface area (Å²) in [5, 5.41) is 0. The van der Waals surface area contributed by atoms with Crippen LogP contribution in [0.4, 0.5) is 4.79 Å². The molecule has 0 unspecified atom stereocenters. The third-order valence-corrected chi connectivity index (χ3v) is 10.4. The maximum absolute atomic E-state index is 13.6. The van der Waals surface area contributed by atoms with Crippen molar-refractivity contribution in [3.63, 3.8) is 0 Å². The quantitative estimate of drug-likeness (QED) is 0.0937. The summed E-state index contributed by atoms with van der Waals surface area (Å²) in [5.74, 6) is 0.219. The van der Waals surface area contributed by atoms with Crippen LogP contribution in [0.1, 0.15) is 92.1 Å². The number of benzene rings is 1. The number of primary amides is 1. The van der Waals surface area contributed by atoms with E-state index in [9.17, 15) is 19.2 Å². The largest absolute Gasteiger partial charge is 0.493 e. The minimum absolute atomic E-state index is 0.00707. The summed E-state index contributed by atoms with van der Waals surface area (Å²) in [6.45, 7) is 12.2. The summed E-state index contributed by atoms with van der Waals surface area (Å²) in [6.07, 6.45) is 2.86. The number of methoxy groups -OCH3 is 2.